The summed E-state index contributed by atoms with van der Waals surface area (Å²) in [6.07, 6.45) is -0.0523. The zero-order valence-corrected chi connectivity index (χ0v) is 12.3. The van der Waals surface area contributed by atoms with E-state index in [-0.39, 0.29) is 18.9 Å². The van der Waals surface area contributed by atoms with E-state index in [2.05, 4.69) is 5.32 Å². The highest BCUT2D eigenvalue weighted by Gasteiger charge is 2.07. The van der Waals surface area contributed by atoms with Crippen LogP contribution in [0.3, 0.4) is 0 Å². The van der Waals surface area contributed by atoms with E-state index in [0.717, 1.165) is 5.56 Å². The lowest BCUT2D eigenvalue weighted by molar-refractivity contribution is -0.384. The van der Waals surface area contributed by atoms with Crippen molar-refractivity contribution in [2.24, 2.45) is 0 Å². The molecule has 0 atom stereocenters. The number of amides is 1. The maximum atomic E-state index is 11.7. The van der Waals surface area contributed by atoms with E-state index >= 15 is 0 Å². The van der Waals surface area contributed by atoms with Crippen molar-refractivity contribution in [3.05, 3.63) is 69.8 Å². The molecule has 0 aliphatic rings. The van der Waals surface area contributed by atoms with Crippen LogP contribution < -0.4 is 5.32 Å². The third-order valence-corrected chi connectivity index (χ3v) is 3.12. The molecule has 2 N–H and O–H groups in total. The van der Waals surface area contributed by atoms with Crippen molar-refractivity contribution in [2.45, 2.75) is 13.0 Å². The monoisotopic (exact) mass is 316 g/mol. The molecule has 23 heavy (non-hydrogen) atoms. The van der Waals surface area contributed by atoms with E-state index in [1.165, 1.54) is 24.3 Å². The summed E-state index contributed by atoms with van der Waals surface area (Å²) in [5.41, 5.74) is 2.20. The summed E-state index contributed by atoms with van der Waals surface area (Å²) < 4.78 is 5.05. The van der Waals surface area contributed by atoms with Crippen molar-refractivity contribution in [3.63, 3.8) is 0 Å². The number of nitro benzene ring substituents is 1. The van der Waals surface area contributed by atoms with Gasteiger partial charge in [-0.1, -0.05) is 12.1 Å². The molecule has 120 valence electrons. The normalized spacial score (nSPS) is 10.1. The molecule has 0 bridgehead atoms. The van der Waals surface area contributed by atoms with Gasteiger partial charge in [0.05, 0.1) is 4.92 Å². The Bertz CT molecular complexity index is 668. The Kier molecular flexibility index (Phi) is 5.65. The van der Waals surface area contributed by atoms with Crippen LogP contribution in [0.5, 0.6) is 0 Å². The minimum Gasteiger partial charge on any atom is -0.444 e. The Balaban J connectivity index is 1.83. The largest absolute Gasteiger partial charge is 0.444 e. The summed E-state index contributed by atoms with van der Waals surface area (Å²) in [7, 11) is 0. The number of nitrogens with one attached hydrogen (secondary N) is 1. The molecule has 0 saturated heterocycles. The molecule has 2 aromatic carbocycles. The SMILES string of the molecule is O=C(Nc1ccc(CCO)cc1)OCc1ccc([N+](=O)[O-])cc1. The number of aliphatic hydroxyl groups is 1. The van der Waals surface area contributed by atoms with Crippen molar-refractivity contribution in [1.82, 2.24) is 0 Å². The van der Waals surface area contributed by atoms with E-state index < -0.39 is 11.0 Å². The summed E-state index contributed by atoms with van der Waals surface area (Å²) >= 11 is 0. The lowest BCUT2D eigenvalue weighted by Crippen LogP contribution is -2.13. The summed E-state index contributed by atoms with van der Waals surface area (Å²) in [6.45, 7) is 0.0937. The molecular formula is C16H16N2O5. The Morgan fingerprint density at radius 2 is 1.70 bits per heavy atom. The van der Waals surface area contributed by atoms with Crippen LogP contribution in [0.2, 0.25) is 0 Å². The number of carbonyl (C=O) groups is 1. The summed E-state index contributed by atoms with van der Waals surface area (Å²) in [6, 6.07) is 12.8. The van der Waals surface area contributed by atoms with Crippen molar-refractivity contribution in [3.8, 4) is 0 Å². The van der Waals surface area contributed by atoms with E-state index in [1.54, 1.807) is 12.1 Å². The number of rotatable bonds is 6. The first-order valence-electron chi connectivity index (χ1n) is 6.95. The number of ether oxygens (including phenoxy) is 1. The van der Waals surface area contributed by atoms with Gasteiger partial charge in [0.1, 0.15) is 6.61 Å². The average molecular weight is 316 g/mol. The van der Waals surface area contributed by atoms with Gasteiger partial charge in [-0.05, 0) is 41.8 Å². The predicted molar refractivity (Wildman–Crippen MR) is 84.1 cm³/mol. The van der Waals surface area contributed by atoms with Gasteiger partial charge in [0.25, 0.3) is 5.69 Å². The summed E-state index contributed by atoms with van der Waals surface area (Å²) in [4.78, 5) is 21.7. The quantitative estimate of drug-likeness (QED) is 0.630. The molecule has 0 saturated carbocycles. The molecule has 0 heterocycles. The molecule has 7 heteroatoms. The fourth-order valence-electron chi connectivity index (χ4n) is 1.90. The van der Waals surface area contributed by atoms with Crippen LogP contribution >= 0.6 is 0 Å². The first-order chi connectivity index (χ1) is 11.1. The van der Waals surface area contributed by atoms with E-state index in [4.69, 9.17) is 9.84 Å². The smallest absolute Gasteiger partial charge is 0.411 e. The van der Waals surface area contributed by atoms with Crippen LogP contribution in [0.15, 0.2) is 48.5 Å². The molecule has 0 spiro atoms. The fraction of sp³-hybridized carbons (Fsp3) is 0.188. The van der Waals surface area contributed by atoms with Crippen molar-refractivity contribution >= 4 is 17.5 Å². The zero-order valence-electron chi connectivity index (χ0n) is 12.3. The number of hydrogen-bond acceptors (Lipinski definition) is 5. The molecule has 0 aliphatic carbocycles. The van der Waals surface area contributed by atoms with E-state index in [9.17, 15) is 14.9 Å². The van der Waals surface area contributed by atoms with E-state index in [0.29, 0.717) is 17.7 Å². The lowest BCUT2D eigenvalue weighted by atomic mass is 10.1. The minimum atomic E-state index is -0.613. The first-order valence-corrected chi connectivity index (χ1v) is 6.95. The molecule has 1 amide bonds. The van der Waals surface area contributed by atoms with Crippen LogP contribution in [0.25, 0.3) is 0 Å². The molecular weight excluding hydrogens is 300 g/mol. The summed E-state index contributed by atoms with van der Waals surface area (Å²) in [5.74, 6) is 0. The fourth-order valence-corrected chi connectivity index (χ4v) is 1.90. The molecule has 0 aliphatic heterocycles. The third-order valence-electron chi connectivity index (χ3n) is 3.12. The van der Waals surface area contributed by atoms with Crippen LogP contribution in [0, 0.1) is 10.1 Å². The Hall–Kier alpha value is -2.93. The Labute approximate surface area is 132 Å². The molecule has 0 radical (unpaired) electrons. The van der Waals surface area contributed by atoms with Gasteiger partial charge in [0.2, 0.25) is 0 Å². The highest BCUT2D eigenvalue weighted by atomic mass is 16.6. The second kappa shape index (κ2) is 7.90. The lowest BCUT2D eigenvalue weighted by Gasteiger charge is -2.07. The minimum absolute atomic E-state index is 0.0128. The number of carbonyl (C=O) groups excluding carboxylic acids is 1. The number of non-ortho nitro benzene ring substituents is 1. The van der Waals surface area contributed by atoms with Crippen LogP contribution in [0.4, 0.5) is 16.2 Å². The molecule has 0 unspecified atom stereocenters. The van der Waals surface area contributed by atoms with Crippen molar-refractivity contribution in [2.75, 3.05) is 11.9 Å². The van der Waals surface area contributed by atoms with Crippen molar-refractivity contribution < 1.29 is 19.6 Å². The second-order valence-corrected chi connectivity index (χ2v) is 4.80. The van der Waals surface area contributed by atoms with Crippen LogP contribution in [-0.4, -0.2) is 22.7 Å². The molecule has 2 aromatic rings. The van der Waals surface area contributed by atoms with Gasteiger partial charge in [0, 0.05) is 24.4 Å². The maximum absolute atomic E-state index is 11.7. The highest BCUT2D eigenvalue weighted by molar-refractivity contribution is 5.84. The number of aliphatic hydroxyl groups excluding tert-OH is 1. The van der Waals surface area contributed by atoms with Crippen LogP contribution in [-0.2, 0) is 17.8 Å². The van der Waals surface area contributed by atoms with Gasteiger partial charge in [-0.15, -0.1) is 0 Å². The average Bonchev–Trinajstić information content (AvgIpc) is 2.55. The number of benzene rings is 2. The summed E-state index contributed by atoms with van der Waals surface area (Å²) in [5, 5.41) is 22.0. The molecule has 0 aromatic heterocycles. The molecule has 0 fully saturated rings. The number of nitrogens with zero attached hydrogens (tertiary/aromatic N) is 1. The number of hydrogen-bond donors (Lipinski definition) is 2. The van der Waals surface area contributed by atoms with Crippen LogP contribution in [0.1, 0.15) is 11.1 Å². The predicted octanol–water partition coefficient (Wildman–Crippen LogP) is 2.88. The van der Waals surface area contributed by atoms with Gasteiger partial charge in [-0.3, -0.25) is 15.4 Å². The Morgan fingerprint density at radius 1 is 1.09 bits per heavy atom. The topological polar surface area (TPSA) is 102 Å². The van der Waals surface area contributed by atoms with Gasteiger partial charge in [0.15, 0.2) is 0 Å². The first kappa shape index (κ1) is 16.4. The molecule has 7 nitrogen and oxygen atoms in total. The number of nitro groups is 1. The second-order valence-electron chi connectivity index (χ2n) is 4.80. The van der Waals surface area contributed by atoms with Gasteiger partial charge >= 0.3 is 6.09 Å². The maximum Gasteiger partial charge on any atom is 0.411 e. The Morgan fingerprint density at radius 3 is 2.26 bits per heavy atom. The highest BCUT2D eigenvalue weighted by Crippen LogP contribution is 2.14. The number of anilines is 1. The zero-order chi connectivity index (χ0) is 16.7. The van der Waals surface area contributed by atoms with Crippen molar-refractivity contribution in [1.29, 1.82) is 0 Å². The molecule has 2 rings (SSSR count). The van der Waals surface area contributed by atoms with Gasteiger partial charge in [-0.25, -0.2) is 4.79 Å². The van der Waals surface area contributed by atoms with Gasteiger partial charge < -0.3 is 9.84 Å². The van der Waals surface area contributed by atoms with Gasteiger partial charge in [-0.2, -0.15) is 0 Å². The van der Waals surface area contributed by atoms with E-state index in [1.807, 2.05) is 12.1 Å². The third kappa shape index (κ3) is 5.08. The standard InChI is InChI=1S/C16H16N2O5/c19-10-9-12-1-5-14(6-2-12)17-16(20)23-11-13-3-7-15(8-4-13)18(21)22/h1-8,19H,9-11H2,(H,17,20).